The van der Waals surface area contributed by atoms with E-state index in [2.05, 4.69) is 0 Å². The van der Waals surface area contributed by atoms with E-state index in [9.17, 15) is 55.7 Å². The predicted molar refractivity (Wildman–Crippen MR) is 95.0 cm³/mol. The summed E-state index contributed by atoms with van der Waals surface area (Å²) >= 11 is 0. The van der Waals surface area contributed by atoms with E-state index in [1.807, 2.05) is 0 Å². The molecule has 10 nitrogen and oxygen atoms in total. The third-order valence-electron chi connectivity index (χ3n) is 4.02. The molecule has 1 aliphatic heterocycles. The van der Waals surface area contributed by atoms with Gasteiger partial charge in [0.15, 0.2) is 0 Å². The quantitative estimate of drug-likeness (QED) is 0.187. The molecule has 0 spiro atoms. The third kappa shape index (κ3) is 8.53. The van der Waals surface area contributed by atoms with Gasteiger partial charge in [-0.2, -0.15) is 26.3 Å². The van der Waals surface area contributed by atoms with Gasteiger partial charge in [0.2, 0.25) is 0 Å². The van der Waals surface area contributed by atoms with Crippen LogP contribution in [0.15, 0.2) is 30.4 Å². The fourth-order valence-electron chi connectivity index (χ4n) is 2.83. The summed E-state index contributed by atoms with van der Waals surface area (Å²) in [6.45, 7) is -1.72. The number of benzene rings is 1. The molecule has 1 aromatic carbocycles. The summed E-state index contributed by atoms with van der Waals surface area (Å²) in [5, 5.41) is 26.4. The molecule has 1 aliphatic rings. The second kappa shape index (κ2) is 10.8. The summed E-state index contributed by atoms with van der Waals surface area (Å²) in [6, 6.07) is 0.414. The lowest BCUT2D eigenvalue weighted by atomic mass is 9.99. The molecule has 0 aromatic heterocycles. The van der Waals surface area contributed by atoms with Gasteiger partial charge < -0.3 is 30.4 Å². The highest BCUT2D eigenvalue weighted by molar-refractivity contribution is 6.00. The van der Waals surface area contributed by atoms with E-state index in [1.165, 1.54) is 0 Å². The first-order valence-corrected chi connectivity index (χ1v) is 8.83. The number of alkyl halides is 6. The van der Waals surface area contributed by atoms with Gasteiger partial charge in [0.05, 0.1) is 30.0 Å². The SMILES string of the molecule is N=C(N)[NH2+]C(=O)CC1c2cc(C(F)(F)F)ccc2C(=O)N1CC(F)(F)F.O=C([O-])/C=C/C(=O)[O-].[H+]. The number of carbonyl (C=O) groups excluding carboxylic acids is 4. The van der Waals surface area contributed by atoms with Crippen LogP contribution in [0, 0.1) is 5.41 Å². The number of carbonyl (C=O) groups is 4. The van der Waals surface area contributed by atoms with E-state index in [1.54, 1.807) is 0 Å². The molecule has 0 saturated heterocycles. The minimum Gasteiger partial charge on any atom is -0.545 e. The zero-order chi connectivity index (χ0) is 26.4. The molecule has 16 heteroatoms. The molecule has 0 fully saturated rings. The van der Waals surface area contributed by atoms with Crippen molar-refractivity contribution in [3.05, 3.63) is 47.0 Å². The van der Waals surface area contributed by atoms with Crippen molar-refractivity contribution in [1.29, 1.82) is 5.41 Å². The first kappa shape index (κ1) is 28.1. The standard InChI is InChI=1S/C14H12F6N4O2.C4H4O4/c15-13(16,17)5-24-9(4-10(25)23-12(21)22)8-3-6(14(18,19)20)1-2-7(8)11(24)26;5-3(6)1-2-4(7)8/h1-3,9H,4-5H2,(H4,21,22,23,25);1-2H,(H,5,6)(H,7,8)/b;2-1+. The second-order valence-electron chi connectivity index (χ2n) is 6.61. The van der Waals surface area contributed by atoms with Crippen molar-refractivity contribution < 1.29 is 62.5 Å². The van der Waals surface area contributed by atoms with Crippen LogP contribution in [-0.4, -0.2) is 47.3 Å². The van der Waals surface area contributed by atoms with Gasteiger partial charge in [-0.3, -0.25) is 4.79 Å². The Labute approximate surface area is 187 Å². The van der Waals surface area contributed by atoms with Crippen LogP contribution in [-0.2, 0) is 20.6 Å². The number of aliphatic carboxylic acids is 2. The highest BCUT2D eigenvalue weighted by atomic mass is 19.4. The predicted octanol–water partition coefficient (Wildman–Crippen LogP) is -1.71. The number of amides is 2. The molecule has 1 unspecified atom stereocenters. The zero-order valence-electron chi connectivity index (χ0n) is 17.7. The molecule has 1 atom stereocenters. The molecule has 34 heavy (non-hydrogen) atoms. The summed E-state index contributed by atoms with van der Waals surface area (Å²) in [6.07, 6.45) is -9.54. The Morgan fingerprint density at radius 2 is 1.65 bits per heavy atom. The van der Waals surface area contributed by atoms with Crippen molar-refractivity contribution in [2.75, 3.05) is 6.54 Å². The van der Waals surface area contributed by atoms with Crippen molar-refractivity contribution in [3.63, 3.8) is 0 Å². The lowest BCUT2D eigenvalue weighted by Gasteiger charge is -2.25. The Morgan fingerprint density at radius 1 is 1.12 bits per heavy atom. The number of carboxylic acids is 2. The number of carboxylic acid groups (broad SMARTS) is 2. The molecule has 186 valence electrons. The van der Waals surface area contributed by atoms with Crippen molar-refractivity contribution in [2.45, 2.75) is 24.8 Å². The Bertz CT molecular complexity index is 1010. The summed E-state index contributed by atoms with van der Waals surface area (Å²) in [5.41, 5.74) is 3.21. The monoisotopic (exact) mass is 498 g/mol. The summed E-state index contributed by atoms with van der Waals surface area (Å²) in [4.78, 5) is 43.1. The van der Waals surface area contributed by atoms with Gasteiger partial charge in [0.1, 0.15) is 6.54 Å². The van der Waals surface area contributed by atoms with E-state index in [-0.39, 0.29) is 12.6 Å². The molecule has 2 amide bonds. The van der Waals surface area contributed by atoms with Crippen LogP contribution in [0.4, 0.5) is 26.3 Å². The summed E-state index contributed by atoms with van der Waals surface area (Å²) < 4.78 is 77.0. The Hall–Kier alpha value is -3.95. The second-order valence-corrected chi connectivity index (χ2v) is 6.61. The van der Waals surface area contributed by atoms with Crippen molar-refractivity contribution in [2.24, 2.45) is 5.73 Å². The van der Waals surface area contributed by atoms with Crippen LogP contribution in [0.25, 0.3) is 0 Å². The number of halogens is 6. The lowest BCUT2D eigenvalue weighted by molar-refractivity contribution is -0.456. The van der Waals surface area contributed by atoms with Gasteiger partial charge in [-0.05, 0) is 35.9 Å². The van der Waals surface area contributed by atoms with Crippen molar-refractivity contribution in [1.82, 2.24) is 4.90 Å². The number of guanidine groups is 1. The van der Waals surface area contributed by atoms with Crippen molar-refractivity contribution in [3.8, 4) is 0 Å². The minimum absolute atomic E-state index is 0. The topological polar surface area (TPSA) is 184 Å². The molecule has 0 bridgehead atoms. The largest absolute Gasteiger partial charge is 1.00 e. The van der Waals surface area contributed by atoms with Crippen LogP contribution in [0.3, 0.4) is 0 Å². The molecular formula is C18H16F6N4O6. The van der Waals surface area contributed by atoms with Crippen LogP contribution < -0.4 is 21.3 Å². The lowest BCUT2D eigenvalue weighted by Crippen LogP contribution is -2.93. The number of primary amides is 1. The van der Waals surface area contributed by atoms with E-state index in [0.29, 0.717) is 34.5 Å². The first-order chi connectivity index (χ1) is 15.4. The fourth-order valence-corrected chi connectivity index (χ4v) is 2.83. The summed E-state index contributed by atoms with van der Waals surface area (Å²) in [5.74, 6) is -5.76. The molecule has 5 N–H and O–H groups in total. The minimum atomic E-state index is -4.81. The number of fused-ring (bicyclic) bond motifs is 1. The average Bonchev–Trinajstić information content (AvgIpc) is 2.89. The average molecular weight is 498 g/mol. The molecule has 2 rings (SSSR count). The maximum absolute atomic E-state index is 12.9. The zero-order valence-corrected chi connectivity index (χ0v) is 16.7. The molecule has 0 radical (unpaired) electrons. The number of hydrogen-bond acceptors (Lipinski definition) is 7. The Balaban J connectivity index is 0.00000111. The first-order valence-electron chi connectivity index (χ1n) is 8.83. The van der Waals surface area contributed by atoms with Crippen LogP contribution in [0.2, 0.25) is 0 Å². The maximum Gasteiger partial charge on any atom is 1.00 e. The van der Waals surface area contributed by atoms with Gasteiger partial charge in [-0.1, -0.05) is 0 Å². The number of nitrogens with one attached hydrogen (secondary N) is 1. The molecule has 1 heterocycles. The molecule has 0 saturated carbocycles. The van der Waals surface area contributed by atoms with Crippen molar-refractivity contribution >= 4 is 29.7 Å². The van der Waals surface area contributed by atoms with Crippen LogP contribution in [0.5, 0.6) is 0 Å². The van der Waals surface area contributed by atoms with E-state index in [4.69, 9.17) is 11.1 Å². The van der Waals surface area contributed by atoms with Crippen LogP contribution in [0.1, 0.15) is 35.4 Å². The molecular weight excluding hydrogens is 482 g/mol. The fraction of sp³-hybridized carbons (Fsp3) is 0.278. The van der Waals surface area contributed by atoms with Gasteiger partial charge in [0, 0.05) is 5.56 Å². The normalized spacial score (nSPS) is 15.5. The Morgan fingerprint density at radius 3 is 2.06 bits per heavy atom. The van der Waals surface area contributed by atoms with E-state index >= 15 is 0 Å². The summed E-state index contributed by atoms with van der Waals surface area (Å²) in [7, 11) is 0. The Kier molecular flexibility index (Phi) is 8.90. The number of nitrogens with zero attached hydrogens (tertiary/aromatic N) is 1. The number of nitrogens with two attached hydrogens (primary N) is 2. The van der Waals surface area contributed by atoms with E-state index in [0.717, 1.165) is 6.07 Å². The van der Waals surface area contributed by atoms with Gasteiger partial charge in [0.25, 0.3) is 11.9 Å². The number of rotatable bonds is 5. The highest BCUT2D eigenvalue weighted by Crippen LogP contribution is 2.40. The van der Waals surface area contributed by atoms with Gasteiger partial charge in [-0.25, -0.2) is 15.5 Å². The maximum atomic E-state index is 12.9. The number of quaternary nitrogens is 1. The smallest absolute Gasteiger partial charge is 0.545 e. The highest BCUT2D eigenvalue weighted by Gasteiger charge is 2.45. The third-order valence-corrected chi connectivity index (χ3v) is 4.02. The van der Waals surface area contributed by atoms with Gasteiger partial charge >= 0.3 is 19.7 Å². The molecule has 1 aromatic rings. The number of hydrogen-bond donors (Lipinski definition) is 3. The van der Waals surface area contributed by atoms with Gasteiger partial charge in [-0.15, -0.1) is 0 Å². The van der Waals surface area contributed by atoms with Crippen LogP contribution >= 0.6 is 0 Å². The van der Waals surface area contributed by atoms with E-state index < -0.39 is 66.6 Å². The molecule has 0 aliphatic carbocycles.